The number of hydrogen-bond acceptors (Lipinski definition) is 3. The van der Waals surface area contributed by atoms with Crippen molar-refractivity contribution in [2.24, 2.45) is 5.73 Å². The van der Waals surface area contributed by atoms with Crippen LogP contribution in [0, 0.1) is 0 Å². The molecule has 0 spiro atoms. The number of fused-ring (bicyclic) bond motifs is 1. The molecule has 2 aromatic rings. The van der Waals surface area contributed by atoms with Crippen LogP contribution in [0.1, 0.15) is 23.5 Å². The molecular formula is C15H19N3O. The Kier molecular flexibility index (Phi) is 3.51. The van der Waals surface area contributed by atoms with Crippen molar-refractivity contribution in [3.63, 3.8) is 0 Å². The Labute approximate surface area is 113 Å². The van der Waals surface area contributed by atoms with Crippen molar-refractivity contribution in [1.82, 2.24) is 9.78 Å². The maximum atomic E-state index is 5.69. The average Bonchev–Trinajstić information content (AvgIpc) is 2.87. The van der Waals surface area contributed by atoms with Crippen molar-refractivity contribution < 1.29 is 4.74 Å². The summed E-state index contributed by atoms with van der Waals surface area (Å²) >= 11 is 0. The molecule has 0 saturated heterocycles. The van der Waals surface area contributed by atoms with Crippen LogP contribution in [0.4, 0.5) is 0 Å². The minimum Gasteiger partial charge on any atom is -0.493 e. The second kappa shape index (κ2) is 5.45. The molecule has 1 aliphatic rings. The Hall–Kier alpha value is -1.81. The summed E-state index contributed by atoms with van der Waals surface area (Å²) in [5.74, 6) is 1.50. The molecule has 1 unspecified atom stereocenters. The van der Waals surface area contributed by atoms with Crippen LogP contribution in [0.2, 0.25) is 0 Å². The number of nitrogens with zero attached hydrogens (tertiary/aromatic N) is 2. The van der Waals surface area contributed by atoms with E-state index >= 15 is 0 Å². The summed E-state index contributed by atoms with van der Waals surface area (Å²) in [6, 6.07) is 8.30. The third kappa shape index (κ3) is 2.63. The van der Waals surface area contributed by atoms with Crippen molar-refractivity contribution in [3.05, 3.63) is 47.8 Å². The van der Waals surface area contributed by atoms with Gasteiger partial charge in [0.15, 0.2) is 0 Å². The second-order valence-corrected chi connectivity index (χ2v) is 4.98. The smallest absolute Gasteiger partial charge is 0.122 e. The average molecular weight is 257 g/mol. The number of hydrogen-bond donors (Lipinski definition) is 1. The summed E-state index contributed by atoms with van der Waals surface area (Å²) in [6.07, 6.45) is 5.95. The van der Waals surface area contributed by atoms with Gasteiger partial charge in [0.25, 0.3) is 0 Å². The van der Waals surface area contributed by atoms with Crippen LogP contribution in [0.15, 0.2) is 36.7 Å². The first-order chi connectivity index (χ1) is 9.36. The lowest BCUT2D eigenvalue weighted by Gasteiger charge is -2.25. The summed E-state index contributed by atoms with van der Waals surface area (Å²) in [7, 11) is 0. The van der Waals surface area contributed by atoms with E-state index in [0.29, 0.717) is 12.5 Å². The van der Waals surface area contributed by atoms with Gasteiger partial charge in [0.05, 0.1) is 12.8 Å². The molecule has 0 fully saturated rings. The van der Waals surface area contributed by atoms with Crippen LogP contribution in [-0.2, 0) is 13.0 Å². The summed E-state index contributed by atoms with van der Waals surface area (Å²) in [5.41, 5.74) is 8.07. The molecule has 100 valence electrons. The largest absolute Gasteiger partial charge is 0.493 e. The summed E-state index contributed by atoms with van der Waals surface area (Å²) < 4.78 is 7.71. The molecule has 1 aliphatic heterocycles. The van der Waals surface area contributed by atoms with E-state index in [0.717, 1.165) is 31.7 Å². The van der Waals surface area contributed by atoms with E-state index in [1.54, 1.807) is 0 Å². The van der Waals surface area contributed by atoms with Gasteiger partial charge < -0.3 is 10.5 Å². The highest BCUT2D eigenvalue weighted by Crippen LogP contribution is 2.34. The minimum absolute atomic E-state index is 0.482. The molecule has 2 heterocycles. The third-order valence-electron chi connectivity index (χ3n) is 3.61. The lowest BCUT2D eigenvalue weighted by molar-refractivity contribution is 0.256. The molecule has 0 saturated carbocycles. The molecule has 0 radical (unpaired) electrons. The first-order valence-electron chi connectivity index (χ1n) is 6.80. The van der Waals surface area contributed by atoms with Crippen molar-refractivity contribution in [1.29, 1.82) is 0 Å². The quantitative estimate of drug-likeness (QED) is 0.910. The number of nitrogens with two attached hydrogens (primary N) is 1. The van der Waals surface area contributed by atoms with Crippen LogP contribution in [-0.4, -0.2) is 22.9 Å². The molecule has 0 aliphatic carbocycles. The Morgan fingerprint density at radius 1 is 1.37 bits per heavy atom. The van der Waals surface area contributed by atoms with Gasteiger partial charge in [0, 0.05) is 18.7 Å². The van der Waals surface area contributed by atoms with Gasteiger partial charge in [-0.15, -0.1) is 0 Å². The zero-order chi connectivity index (χ0) is 13.1. The fourth-order valence-corrected chi connectivity index (χ4v) is 2.63. The molecule has 4 heteroatoms. The van der Waals surface area contributed by atoms with Gasteiger partial charge in [-0.2, -0.15) is 5.10 Å². The maximum absolute atomic E-state index is 5.69. The normalized spacial score (nSPS) is 17.8. The first kappa shape index (κ1) is 12.2. The van der Waals surface area contributed by atoms with Crippen LogP contribution in [0.3, 0.4) is 0 Å². The zero-order valence-electron chi connectivity index (χ0n) is 11.0. The van der Waals surface area contributed by atoms with Gasteiger partial charge in [-0.25, -0.2) is 0 Å². The predicted molar refractivity (Wildman–Crippen MR) is 74.3 cm³/mol. The molecule has 0 bridgehead atoms. The second-order valence-electron chi connectivity index (χ2n) is 4.98. The number of benzene rings is 1. The lowest BCUT2D eigenvalue weighted by Crippen LogP contribution is -2.18. The van der Waals surface area contributed by atoms with Crippen molar-refractivity contribution in [2.45, 2.75) is 25.3 Å². The molecule has 1 aromatic carbocycles. The molecule has 2 N–H and O–H groups in total. The van der Waals surface area contributed by atoms with Gasteiger partial charge in [0.1, 0.15) is 5.75 Å². The molecule has 4 nitrogen and oxygen atoms in total. The highest BCUT2D eigenvalue weighted by atomic mass is 16.5. The number of para-hydroxylation sites is 1. The van der Waals surface area contributed by atoms with Crippen molar-refractivity contribution in [3.8, 4) is 5.75 Å². The maximum Gasteiger partial charge on any atom is 0.122 e. The third-order valence-corrected chi connectivity index (χ3v) is 3.61. The highest BCUT2D eigenvalue weighted by molar-refractivity contribution is 5.37. The standard InChI is InChI=1S/C15H19N3O/c16-7-5-12-9-17-18(10-12)11-13-6-8-19-15-4-2-1-3-14(13)15/h1-4,9-10,13H,5-8,11,16H2. The monoisotopic (exact) mass is 257 g/mol. The van der Waals surface area contributed by atoms with E-state index in [2.05, 4.69) is 23.4 Å². The molecule has 1 aromatic heterocycles. The number of rotatable bonds is 4. The summed E-state index contributed by atoms with van der Waals surface area (Å²) in [6.45, 7) is 2.37. The molecule has 0 amide bonds. The first-order valence-corrected chi connectivity index (χ1v) is 6.80. The Balaban J connectivity index is 1.76. The van der Waals surface area contributed by atoms with Crippen LogP contribution < -0.4 is 10.5 Å². The SMILES string of the molecule is NCCc1cnn(CC2CCOc3ccccc32)c1. The van der Waals surface area contributed by atoms with Crippen LogP contribution >= 0.6 is 0 Å². The minimum atomic E-state index is 0.482. The molecule has 1 atom stereocenters. The van der Waals surface area contributed by atoms with Gasteiger partial charge in [0.2, 0.25) is 0 Å². The van der Waals surface area contributed by atoms with E-state index in [-0.39, 0.29) is 0 Å². The van der Waals surface area contributed by atoms with E-state index in [9.17, 15) is 0 Å². The van der Waals surface area contributed by atoms with E-state index in [1.165, 1.54) is 11.1 Å². The van der Waals surface area contributed by atoms with E-state index in [1.807, 2.05) is 23.0 Å². The Morgan fingerprint density at radius 3 is 3.16 bits per heavy atom. The fourth-order valence-electron chi connectivity index (χ4n) is 2.63. The Morgan fingerprint density at radius 2 is 2.26 bits per heavy atom. The van der Waals surface area contributed by atoms with Gasteiger partial charge >= 0.3 is 0 Å². The zero-order valence-corrected chi connectivity index (χ0v) is 11.0. The van der Waals surface area contributed by atoms with E-state index < -0.39 is 0 Å². The fraction of sp³-hybridized carbons (Fsp3) is 0.400. The number of ether oxygens (including phenoxy) is 1. The summed E-state index contributed by atoms with van der Waals surface area (Å²) in [5, 5.41) is 4.42. The van der Waals surface area contributed by atoms with Gasteiger partial charge in [-0.05, 0) is 36.6 Å². The topological polar surface area (TPSA) is 53.1 Å². The lowest BCUT2D eigenvalue weighted by atomic mass is 9.93. The molecule has 19 heavy (non-hydrogen) atoms. The highest BCUT2D eigenvalue weighted by Gasteiger charge is 2.21. The van der Waals surface area contributed by atoms with Crippen molar-refractivity contribution in [2.75, 3.05) is 13.2 Å². The Bertz CT molecular complexity index is 550. The van der Waals surface area contributed by atoms with Gasteiger partial charge in [-0.1, -0.05) is 18.2 Å². The summed E-state index contributed by atoms with van der Waals surface area (Å²) in [4.78, 5) is 0. The van der Waals surface area contributed by atoms with Gasteiger partial charge in [-0.3, -0.25) is 4.68 Å². The van der Waals surface area contributed by atoms with E-state index in [4.69, 9.17) is 10.5 Å². The van der Waals surface area contributed by atoms with Crippen LogP contribution in [0.25, 0.3) is 0 Å². The molecule has 3 rings (SSSR count). The number of aromatic nitrogens is 2. The van der Waals surface area contributed by atoms with Crippen molar-refractivity contribution >= 4 is 0 Å². The van der Waals surface area contributed by atoms with Crippen LogP contribution in [0.5, 0.6) is 5.75 Å². The molecular weight excluding hydrogens is 238 g/mol. The predicted octanol–water partition coefficient (Wildman–Crippen LogP) is 1.95.